The van der Waals surface area contributed by atoms with Crippen LogP contribution in [0.3, 0.4) is 0 Å². The number of ether oxygens (including phenoxy) is 1. The van der Waals surface area contributed by atoms with Gasteiger partial charge in [-0.2, -0.15) is 4.31 Å². The monoisotopic (exact) mass is 380 g/mol. The molecule has 1 amide bonds. The predicted molar refractivity (Wildman–Crippen MR) is 96.1 cm³/mol. The zero-order valence-corrected chi connectivity index (χ0v) is 15.3. The highest BCUT2D eigenvalue weighted by Crippen LogP contribution is 2.27. The molecule has 1 fully saturated rings. The summed E-state index contributed by atoms with van der Waals surface area (Å²) in [7, 11) is -3.39. The lowest BCUT2D eigenvalue weighted by atomic mass is 10.3. The van der Waals surface area contributed by atoms with Crippen LogP contribution < -0.4 is 10.1 Å². The second kappa shape index (κ2) is 7.99. The lowest BCUT2D eigenvalue weighted by Crippen LogP contribution is -2.28. The van der Waals surface area contributed by atoms with E-state index < -0.39 is 10.0 Å². The zero-order chi connectivity index (χ0) is 17.7. The van der Waals surface area contributed by atoms with E-state index in [0.29, 0.717) is 23.0 Å². The Kier molecular flexibility index (Phi) is 5.72. The molecule has 0 radical (unpaired) electrons. The average molecular weight is 380 g/mol. The minimum Gasteiger partial charge on any atom is -0.484 e. The van der Waals surface area contributed by atoms with Gasteiger partial charge in [-0.1, -0.05) is 18.2 Å². The van der Waals surface area contributed by atoms with E-state index in [1.54, 1.807) is 24.3 Å². The van der Waals surface area contributed by atoms with Gasteiger partial charge in [0, 0.05) is 18.0 Å². The van der Waals surface area contributed by atoms with E-state index in [1.807, 2.05) is 18.2 Å². The molecule has 1 saturated heterocycles. The van der Waals surface area contributed by atoms with Crippen LogP contribution in [-0.4, -0.2) is 38.3 Å². The van der Waals surface area contributed by atoms with E-state index in [0.717, 1.165) is 17.7 Å². The number of nitrogens with one attached hydrogen (secondary N) is 1. The molecule has 8 heteroatoms. The summed E-state index contributed by atoms with van der Waals surface area (Å²) in [6.07, 6.45) is 1.82. The Labute approximate surface area is 151 Å². The number of hydrogen-bond acceptors (Lipinski definition) is 5. The summed E-state index contributed by atoms with van der Waals surface area (Å²) in [6.45, 7) is 1.39. The lowest BCUT2D eigenvalue weighted by molar-refractivity contribution is -0.123. The molecule has 2 aromatic rings. The highest BCUT2D eigenvalue weighted by atomic mass is 32.2. The average Bonchev–Trinajstić information content (AvgIpc) is 3.31. The van der Waals surface area contributed by atoms with Crippen molar-refractivity contribution in [2.45, 2.75) is 23.6 Å². The van der Waals surface area contributed by atoms with E-state index >= 15 is 0 Å². The minimum atomic E-state index is -3.39. The number of nitrogens with zero attached hydrogens (tertiary/aromatic N) is 1. The summed E-state index contributed by atoms with van der Waals surface area (Å²) < 4.78 is 32.2. The molecule has 0 aliphatic carbocycles. The lowest BCUT2D eigenvalue weighted by Gasteiger charge is -2.13. The van der Waals surface area contributed by atoms with Gasteiger partial charge in [0.2, 0.25) is 0 Å². The first-order valence-corrected chi connectivity index (χ1v) is 10.3. The number of hydrogen-bond donors (Lipinski definition) is 1. The van der Waals surface area contributed by atoms with Gasteiger partial charge >= 0.3 is 0 Å². The largest absolute Gasteiger partial charge is 0.484 e. The Morgan fingerprint density at radius 1 is 1.12 bits per heavy atom. The van der Waals surface area contributed by atoms with Gasteiger partial charge < -0.3 is 10.1 Å². The molecule has 0 unspecified atom stereocenters. The second-order valence-electron chi connectivity index (χ2n) is 5.71. The van der Waals surface area contributed by atoms with Crippen molar-refractivity contribution in [1.29, 1.82) is 0 Å². The Hall–Kier alpha value is -1.90. The molecule has 1 aromatic heterocycles. The maximum absolute atomic E-state index is 12.5. The number of benzene rings is 1. The Morgan fingerprint density at radius 3 is 2.56 bits per heavy atom. The van der Waals surface area contributed by atoms with E-state index in [2.05, 4.69) is 5.32 Å². The van der Waals surface area contributed by atoms with Crippen LogP contribution in [0.15, 0.2) is 46.7 Å². The second-order valence-corrected chi connectivity index (χ2v) is 9.04. The van der Waals surface area contributed by atoms with E-state index in [-0.39, 0.29) is 19.1 Å². The van der Waals surface area contributed by atoms with Crippen LogP contribution in [0.25, 0.3) is 0 Å². The van der Waals surface area contributed by atoms with Crippen molar-refractivity contribution in [2.24, 2.45) is 0 Å². The summed E-state index contributed by atoms with van der Waals surface area (Å²) >= 11 is 1.20. The summed E-state index contributed by atoms with van der Waals surface area (Å²) in [5.41, 5.74) is 0. The molecule has 25 heavy (non-hydrogen) atoms. The SMILES string of the molecule is O=C(COc1ccccc1)NCc1ccc(S(=O)(=O)N2CCCC2)s1. The van der Waals surface area contributed by atoms with Gasteiger partial charge in [-0.3, -0.25) is 4.79 Å². The van der Waals surface area contributed by atoms with E-state index in [4.69, 9.17) is 4.74 Å². The molecule has 0 bridgehead atoms. The highest BCUT2D eigenvalue weighted by Gasteiger charge is 2.28. The third-order valence-electron chi connectivity index (χ3n) is 3.87. The number of rotatable bonds is 7. The predicted octanol–water partition coefficient (Wildman–Crippen LogP) is 2.23. The molecule has 1 aliphatic heterocycles. The van der Waals surface area contributed by atoms with Crippen LogP contribution in [-0.2, 0) is 21.4 Å². The van der Waals surface area contributed by atoms with Gasteiger partial charge in [-0.05, 0) is 37.1 Å². The normalized spacial score (nSPS) is 15.2. The first-order chi connectivity index (χ1) is 12.1. The first-order valence-electron chi connectivity index (χ1n) is 8.09. The number of amides is 1. The van der Waals surface area contributed by atoms with Gasteiger partial charge in [-0.15, -0.1) is 11.3 Å². The summed E-state index contributed by atoms with van der Waals surface area (Å²) in [4.78, 5) is 12.6. The van der Waals surface area contributed by atoms with Crippen molar-refractivity contribution in [3.05, 3.63) is 47.3 Å². The minimum absolute atomic E-state index is 0.0751. The number of carbonyl (C=O) groups excluding carboxylic acids is 1. The molecule has 0 saturated carbocycles. The maximum atomic E-state index is 12.5. The fraction of sp³-hybridized carbons (Fsp3) is 0.353. The fourth-order valence-corrected chi connectivity index (χ4v) is 5.52. The Balaban J connectivity index is 1.50. The Bertz CT molecular complexity index is 812. The standard InChI is InChI=1S/C17H20N2O4S2/c20-16(13-23-14-6-2-1-3-7-14)18-12-15-8-9-17(24-15)25(21,22)19-10-4-5-11-19/h1-3,6-9H,4-5,10-13H2,(H,18,20). The van der Waals surface area contributed by atoms with Crippen molar-refractivity contribution in [2.75, 3.05) is 19.7 Å². The third-order valence-corrected chi connectivity index (χ3v) is 7.32. The molecule has 3 rings (SSSR count). The molecule has 2 heterocycles. The number of para-hydroxylation sites is 1. The van der Waals surface area contributed by atoms with Gasteiger partial charge in [0.15, 0.2) is 6.61 Å². The quantitative estimate of drug-likeness (QED) is 0.799. The van der Waals surface area contributed by atoms with Crippen LogP contribution in [0.4, 0.5) is 0 Å². The van der Waals surface area contributed by atoms with Crippen molar-refractivity contribution in [1.82, 2.24) is 9.62 Å². The van der Waals surface area contributed by atoms with Crippen molar-refractivity contribution < 1.29 is 17.9 Å². The zero-order valence-electron chi connectivity index (χ0n) is 13.7. The van der Waals surface area contributed by atoms with Crippen LogP contribution in [0.5, 0.6) is 5.75 Å². The first kappa shape index (κ1) is 17.9. The summed E-state index contributed by atoms with van der Waals surface area (Å²) in [5, 5.41) is 2.74. The third kappa shape index (κ3) is 4.59. The fourth-order valence-electron chi connectivity index (χ4n) is 2.55. The van der Waals surface area contributed by atoms with Crippen molar-refractivity contribution in [3.63, 3.8) is 0 Å². The van der Waals surface area contributed by atoms with Gasteiger partial charge in [0.05, 0.1) is 6.54 Å². The molecule has 1 N–H and O–H groups in total. The van der Waals surface area contributed by atoms with Crippen LogP contribution in [0.1, 0.15) is 17.7 Å². The van der Waals surface area contributed by atoms with E-state index in [9.17, 15) is 13.2 Å². The maximum Gasteiger partial charge on any atom is 0.258 e. The molecule has 1 aromatic carbocycles. The Morgan fingerprint density at radius 2 is 1.84 bits per heavy atom. The van der Waals surface area contributed by atoms with Gasteiger partial charge in [0.25, 0.3) is 15.9 Å². The topological polar surface area (TPSA) is 75.7 Å². The van der Waals surface area contributed by atoms with Gasteiger partial charge in [0.1, 0.15) is 9.96 Å². The highest BCUT2D eigenvalue weighted by molar-refractivity contribution is 7.91. The van der Waals surface area contributed by atoms with Crippen LogP contribution in [0.2, 0.25) is 0 Å². The molecular weight excluding hydrogens is 360 g/mol. The van der Waals surface area contributed by atoms with Crippen LogP contribution >= 0.6 is 11.3 Å². The molecule has 1 aliphatic rings. The summed E-state index contributed by atoms with van der Waals surface area (Å²) in [6, 6.07) is 12.5. The number of sulfonamides is 1. The number of thiophene rings is 1. The molecular formula is C17H20N2O4S2. The molecule has 6 nitrogen and oxygen atoms in total. The van der Waals surface area contributed by atoms with Crippen molar-refractivity contribution in [3.8, 4) is 5.75 Å². The van der Waals surface area contributed by atoms with Gasteiger partial charge in [-0.25, -0.2) is 8.42 Å². The summed E-state index contributed by atoms with van der Waals surface area (Å²) in [5.74, 6) is 0.383. The number of carbonyl (C=O) groups is 1. The molecule has 0 spiro atoms. The van der Waals surface area contributed by atoms with E-state index in [1.165, 1.54) is 15.6 Å². The molecule has 0 atom stereocenters. The van der Waals surface area contributed by atoms with Crippen molar-refractivity contribution >= 4 is 27.3 Å². The molecule has 134 valence electrons. The van der Waals surface area contributed by atoms with Crippen LogP contribution in [0, 0.1) is 0 Å². The smallest absolute Gasteiger partial charge is 0.258 e.